The molecule has 0 amide bonds. The number of hydrogen-bond acceptors (Lipinski definition) is 8. The molecule has 1 atom stereocenters. The van der Waals surface area contributed by atoms with Gasteiger partial charge in [-0.1, -0.05) is 19.9 Å². The number of ether oxygens (including phenoxy) is 1. The number of halogens is 1. The number of methoxy groups -OCH3 is 1. The van der Waals surface area contributed by atoms with E-state index < -0.39 is 11.5 Å². The van der Waals surface area contributed by atoms with Crippen molar-refractivity contribution in [2.75, 3.05) is 31.6 Å². The second kappa shape index (κ2) is 10.4. The van der Waals surface area contributed by atoms with Gasteiger partial charge < -0.3 is 15.0 Å². The minimum absolute atomic E-state index is 0.000712. The van der Waals surface area contributed by atoms with E-state index in [9.17, 15) is 10.1 Å². The minimum atomic E-state index is -0.586. The van der Waals surface area contributed by atoms with Crippen LogP contribution in [0.25, 0.3) is 28.0 Å². The van der Waals surface area contributed by atoms with Gasteiger partial charge >= 0.3 is 5.69 Å². The lowest BCUT2D eigenvalue weighted by molar-refractivity contribution is 0.413. The first-order valence-electron chi connectivity index (χ1n) is 12.9. The van der Waals surface area contributed by atoms with Crippen LogP contribution in [0.4, 0.5) is 10.2 Å². The van der Waals surface area contributed by atoms with Crippen molar-refractivity contribution in [1.29, 1.82) is 5.26 Å². The number of benzene rings is 1. The van der Waals surface area contributed by atoms with Crippen LogP contribution in [-0.4, -0.2) is 52.3 Å². The molecule has 1 N–H and O–H groups in total. The summed E-state index contributed by atoms with van der Waals surface area (Å²) < 4.78 is 22.1. The number of hydrogen-bond donors (Lipinski definition) is 1. The summed E-state index contributed by atoms with van der Waals surface area (Å²) in [5.74, 6) is 0.0953. The van der Waals surface area contributed by atoms with Crippen LogP contribution >= 0.6 is 0 Å². The van der Waals surface area contributed by atoms with Gasteiger partial charge in [0.25, 0.3) is 0 Å². The van der Waals surface area contributed by atoms with Crippen LogP contribution in [0, 0.1) is 24.1 Å². The molecule has 10 heteroatoms. The lowest BCUT2D eigenvalue weighted by atomic mass is 10.0. The zero-order valence-electron chi connectivity index (χ0n) is 22.6. The highest BCUT2D eigenvalue weighted by Gasteiger charge is 2.28. The third kappa shape index (κ3) is 4.49. The standard InChI is InChI=1S/C29H30FN7O2/c1-16(2)24-26(17(3)9-10-33-24)37-28-20(27(35-29(37)38)36-12-11-32-15-18(36)4)13-19(14-31)25(34-28)23-21(30)7-6-8-22(23)39-5/h6-10,13,16,18,32H,11-12,15H2,1-5H3/t18-/m0/s1. The third-order valence-electron chi connectivity index (χ3n) is 7.10. The van der Waals surface area contributed by atoms with Crippen molar-refractivity contribution in [3.8, 4) is 28.8 Å². The Morgan fingerprint density at radius 2 is 2.05 bits per heavy atom. The van der Waals surface area contributed by atoms with E-state index in [1.165, 1.54) is 23.8 Å². The SMILES string of the molecule is COc1cccc(F)c1-c1nc2c(cc1C#N)c(N1CCNC[C@@H]1C)nc(=O)n2-c1c(C)ccnc1C(C)C. The van der Waals surface area contributed by atoms with E-state index in [4.69, 9.17) is 9.72 Å². The van der Waals surface area contributed by atoms with Gasteiger partial charge in [-0.15, -0.1) is 0 Å². The molecule has 1 aliphatic heterocycles. The maximum absolute atomic E-state index is 15.3. The molecule has 0 radical (unpaired) electrons. The van der Waals surface area contributed by atoms with Gasteiger partial charge in [0.1, 0.15) is 23.5 Å². The molecule has 0 aliphatic carbocycles. The molecule has 39 heavy (non-hydrogen) atoms. The first-order valence-corrected chi connectivity index (χ1v) is 12.9. The van der Waals surface area contributed by atoms with Crippen molar-refractivity contribution in [3.05, 3.63) is 69.7 Å². The van der Waals surface area contributed by atoms with E-state index in [0.29, 0.717) is 35.7 Å². The summed E-state index contributed by atoms with van der Waals surface area (Å²) >= 11 is 0. The van der Waals surface area contributed by atoms with Crippen molar-refractivity contribution in [3.63, 3.8) is 0 Å². The van der Waals surface area contributed by atoms with Crippen LogP contribution in [-0.2, 0) is 0 Å². The van der Waals surface area contributed by atoms with Gasteiger partial charge in [-0.05, 0) is 49.6 Å². The molecule has 4 heterocycles. The highest BCUT2D eigenvalue weighted by molar-refractivity contribution is 5.93. The Labute approximate surface area is 225 Å². The summed E-state index contributed by atoms with van der Waals surface area (Å²) in [6.45, 7) is 10.0. The van der Waals surface area contributed by atoms with Gasteiger partial charge in [0.15, 0.2) is 5.65 Å². The van der Waals surface area contributed by atoms with Gasteiger partial charge in [0, 0.05) is 31.9 Å². The summed E-state index contributed by atoms with van der Waals surface area (Å²) in [4.78, 5) is 29.9. The number of nitrogens with one attached hydrogen (secondary N) is 1. The van der Waals surface area contributed by atoms with Crippen LogP contribution in [0.1, 0.15) is 43.5 Å². The fourth-order valence-electron chi connectivity index (χ4n) is 5.17. The van der Waals surface area contributed by atoms with Gasteiger partial charge in [-0.2, -0.15) is 10.2 Å². The molecule has 9 nitrogen and oxygen atoms in total. The second-order valence-electron chi connectivity index (χ2n) is 10.0. The van der Waals surface area contributed by atoms with Crippen molar-refractivity contribution in [1.82, 2.24) is 24.8 Å². The normalized spacial score (nSPS) is 15.5. The van der Waals surface area contributed by atoms with Gasteiger partial charge in [0.2, 0.25) is 0 Å². The molecule has 1 saturated heterocycles. The van der Waals surface area contributed by atoms with Crippen LogP contribution in [0.3, 0.4) is 0 Å². The maximum Gasteiger partial charge on any atom is 0.355 e. The molecule has 0 unspecified atom stereocenters. The van der Waals surface area contributed by atoms with Crippen LogP contribution < -0.4 is 20.6 Å². The van der Waals surface area contributed by atoms with E-state index in [2.05, 4.69) is 26.3 Å². The molecular formula is C29H30FN7O2. The van der Waals surface area contributed by atoms with Gasteiger partial charge in [-0.25, -0.2) is 18.7 Å². The highest BCUT2D eigenvalue weighted by atomic mass is 19.1. The predicted molar refractivity (Wildman–Crippen MR) is 148 cm³/mol. The summed E-state index contributed by atoms with van der Waals surface area (Å²) in [5, 5.41) is 14.0. The first kappa shape index (κ1) is 26.3. The van der Waals surface area contributed by atoms with E-state index >= 15 is 4.39 Å². The number of pyridine rings is 2. The van der Waals surface area contributed by atoms with Crippen LogP contribution in [0.5, 0.6) is 5.75 Å². The molecule has 4 aromatic rings. The second-order valence-corrected chi connectivity index (χ2v) is 10.0. The molecule has 0 spiro atoms. The van der Waals surface area contributed by atoms with Gasteiger partial charge in [0.05, 0.1) is 40.7 Å². The smallest absolute Gasteiger partial charge is 0.355 e. The molecule has 1 aliphatic rings. The lowest BCUT2D eigenvalue weighted by Gasteiger charge is -2.35. The van der Waals surface area contributed by atoms with Gasteiger partial charge in [-0.3, -0.25) is 4.98 Å². The van der Waals surface area contributed by atoms with Crippen LogP contribution in [0.2, 0.25) is 0 Å². The number of rotatable bonds is 5. The number of aryl methyl sites for hydroxylation is 1. The van der Waals surface area contributed by atoms with E-state index in [-0.39, 0.29) is 40.2 Å². The number of fused-ring (bicyclic) bond motifs is 1. The van der Waals surface area contributed by atoms with Crippen molar-refractivity contribution in [2.45, 2.75) is 39.7 Å². The third-order valence-corrected chi connectivity index (χ3v) is 7.10. The predicted octanol–water partition coefficient (Wildman–Crippen LogP) is 4.09. The zero-order valence-corrected chi connectivity index (χ0v) is 22.6. The number of aromatic nitrogens is 4. The number of nitrogens with zero attached hydrogens (tertiary/aromatic N) is 6. The minimum Gasteiger partial charge on any atom is -0.496 e. The quantitative estimate of drug-likeness (QED) is 0.413. The Balaban J connectivity index is 1.96. The van der Waals surface area contributed by atoms with E-state index in [1.807, 2.05) is 33.8 Å². The summed E-state index contributed by atoms with van der Waals surface area (Å²) in [5.41, 5.74) is 2.15. The summed E-state index contributed by atoms with van der Waals surface area (Å²) in [7, 11) is 1.43. The monoisotopic (exact) mass is 527 g/mol. The Kier molecular flexibility index (Phi) is 7.02. The maximum atomic E-state index is 15.3. The Bertz CT molecular complexity index is 1680. The average molecular weight is 528 g/mol. The first-order chi connectivity index (χ1) is 18.8. The molecule has 200 valence electrons. The molecule has 1 aromatic carbocycles. The molecule has 5 rings (SSSR count). The number of anilines is 1. The molecule has 0 saturated carbocycles. The fourth-order valence-corrected chi connectivity index (χ4v) is 5.17. The summed E-state index contributed by atoms with van der Waals surface area (Å²) in [6, 6.07) is 10.1. The largest absolute Gasteiger partial charge is 0.496 e. The van der Waals surface area contributed by atoms with E-state index in [1.54, 1.807) is 18.3 Å². The Hall–Kier alpha value is -4.36. The average Bonchev–Trinajstić information content (AvgIpc) is 2.92. The lowest BCUT2D eigenvalue weighted by Crippen LogP contribution is -2.50. The zero-order chi connectivity index (χ0) is 27.8. The highest BCUT2D eigenvalue weighted by Crippen LogP contribution is 2.37. The summed E-state index contributed by atoms with van der Waals surface area (Å²) in [6.07, 6.45) is 1.71. The van der Waals surface area contributed by atoms with Crippen LogP contribution in [0.15, 0.2) is 41.3 Å². The number of piperazine rings is 1. The number of nitriles is 1. The molecule has 0 bridgehead atoms. The topological polar surface area (TPSA) is 109 Å². The molecule has 1 fully saturated rings. The fraction of sp³-hybridized carbons (Fsp3) is 0.345. The molecular weight excluding hydrogens is 497 g/mol. The Morgan fingerprint density at radius 1 is 1.26 bits per heavy atom. The van der Waals surface area contributed by atoms with Crippen molar-refractivity contribution in [2.24, 2.45) is 0 Å². The molecule has 3 aromatic heterocycles. The Morgan fingerprint density at radius 3 is 2.74 bits per heavy atom. The van der Waals surface area contributed by atoms with Crippen molar-refractivity contribution >= 4 is 16.9 Å². The van der Waals surface area contributed by atoms with Crippen molar-refractivity contribution < 1.29 is 9.13 Å². The van der Waals surface area contributed by atoms with E-state index in [0.717, 1.165) is 12.1 Å².